The molecule has 1 N–H and O–H groups in total. The zero-order chi connectivity index (χ0) is 19.3. The summed E-state index contributed by atoms with van der Waals surface area (Å²) in [6, 6.07) is 6.78. The summed E-state index contributed by atoms with van der Waals surface area (Å²) in [4.78, 5) is 16.5. The number of carbonyl (C=O) groups excluding carboxylic acids is 1. The maximum Gasteiger partial charge on any atom is 0.445 e. The number of halogens is 4. The number of alkyl halides is 3. The number of fused-ring (bicyclic) bond motifs is 1. The Labute approximate surface area is 168 Å². The summed E-state index contributed by atoms with van der Waals surface area (Å²) in [5.41, 5.74) is 1.06. The van der Waals surface area contributed by atoms with Crippen LogP contribution in [0.5, 0.6) is 0 Å². The van der Waals surface area contributed by atoms with Crippen LogP contribution in [0.4, 0.5) is 13.2 Å². The van der Waals surface area contributed by atoms with E-state index in [9.17, 15) is 18.0 Å². The van der Waals surface area contributed by atoms with E-state index in [0.717, 1.165) is 16.3 Å². The number of aromatic nitrogens is 3. The maximum atomic E-state index is 13.0. The third kappa shape index (κ3) is 3.35. The minimum Gasteiger partial charge on any atom is -0.307 e. The summed E-state index contributed by atoms with van der Waals surface area (Å²) in [6.07, 6.45) is -3.18. The fourth-order valence-corrected chi connectivity index (χ4v) is 4.42. The molecule has 3 heterocycles. The number of hydrogen-bond donors (Lipinski definition) is 1. The van der Waals surface area contributed by atoms with Gasteiger partial charge in [0.1, 0.15) is 10.0 Å². The summed E-state index contributed by atoms with van der Waals surface area (Å²) < 4.78 is 40.4. The predicted octanol–water partition coefficient (Wildman–Crippen LogP) is 4.62. The van der Waals surface area contributed by atoms with Gasteiger partial charge in [0.2, 0.25) is 9.97 Å². The number of imidazole rings is 1. The molecule has 27 heavy (non-hydrogen) atoms. The van der Waals surface area contributed by atoms with Crippen LogP contribution in [0, 0.1) is 0 Å². The number of benzene rings is 1. The van der Waals surface area contributed by atoms with Gasteiger partial charge in [-0.05, 0) is 12.1 Å². The topological polar surface area (TPSA) is 59.3 Å². The molecule has 1 aliphatic rings. The van der Waals surface area contributed by atoms with E-state index in [1.807, 2.05) is 0 Å². The molecular formula is C15H6ClF3N4OS3. The third-order valence-electron chi connectivity index (χ3n) is 3.52. The molecule has 138 valence electrons. The van der Waals surface area contributed by atoms with Crippen LogP contribution in [-0.4, -0.2) is 24.8 Å². The Balaban J connectivity index is 1.97. The average molecular weight is 447 g/mol. The second kappa shape index (κ2) is 6.59. The van der Waals surface area contributed by atoms with Gasteiger partial charge in [-0.2, -0.15) is 13.2 Å². The van der Waals surface area contributed by atoms with Crippen molar-refractivity contribution in [3.8, 4) is 11.3 Å². The Kier molecular flexibility index (Phi) is 4.49. The van der Waals surface area contributed by atoms with Crippen molar-refractivity contribution < 1.29 is 18.0 Å². The molecule has 0 saturated carbocycles. The number of nitrogens with zero attached hydrogens (tertiary/aromatic N) is 3. The number of amides is 1. The zero-order valence-corrected chi connectivity index (χ0v) is 16.1. The van der Waals surface area contributed by atoms with E-state index in [1.54, 1.807) is 24.3 Å². The molecule has 1 fully saturated rings. The van der Waals surface area contributed by atoms with Crippen molar-refractivity contribution in [2.75, 3.05) is 0 Å². The highest BCUT2D eigenvalue weighted by Crippen LogP contribution is 2.38. The highest BCUT2D eigenvalue weighted by atomic mass is 35.5. The SMILES string of the molecule is O=C1NC(=S)S/C1=C\c1c(-c2ccccc2Cl)nc2sc(C(F)(F)F)nn12. The first-order chi connectivity index (χ1) is 12.7. The van der Waals surface area contributed by atoms with Crippen LogP contribution in [0.25, 0.3) is 22.3 Å². The second-order valence-corrected chi connectivity index (χ2v) is 8.36. The number of thiocarbonyl (C=S) groups is 1. The van der Waals surface area contributed by atoms with Crippen LogP contribution >= 0.6 is 46.9 Å². The van der Waals surface area contributed by atoms with Crippen molar-refractivity contribution in [3.05, 3.63) is 44.9 Å². The van der Waals surface area contributed by atoms with Crippen molar-refractivity contribution >= 4 is 68.2 Å². The van der Waals surface area contributed by atoms with Crippen LogP contribution in [-0.2, 0) is 11.0 Å². The van der Waals surface area contributed by atoms with Crippen LogP contribution in [0.3, 0.4) is 0 Å². The quantitative estimate of drug-likeness (QED) is 0.460. The van der Waals surface area contributed by atoms with Crippen molar-refractivity contribution in [2.24, 2.45) is 0 Å². The monoisotopic (exact) mass is 446 g/mol. The summed E-state index contributed by atoms with van der Waals surface area (Å²) in [5.74, 6) is -0.434. The molecule has 1 aromatic carbocycles. The van der Waals surface area contributed by atoms with Crippen LogP contribution in [0.15, 0.2) is 29.2 Å². The molecule has 0 unspecified atom stereocenters. The fourth-order valence-electron chi connectivity index (χ4n) is 2.40. The van der Waals surface area contributed by atoms with Gasteiger partial charge in [0.25, 0.3) is 5.91 Å². The number of thioether (sulfide) groups is 1. The van der Waals surface area contributed by atoms with Crippen molar-refractivity contribution in [2.45, 2.75) is 6.18 Å². The largest absolute Gasteiger partial charge is 0.445 e. The lowest BCUT2D eigenvalue weighted by molar-refractivity contribution is -0.138. The van der Waals surface area contributed by atoms with Crippen molar-refractivity contribution in [3.63, 3.8) is 0 Å². The lowest BCUT2D eigenvalue weighted by atomic mass is 10.1. The van der Waals surface area contributed by atoms with Crippen molar-refractivity contribution in [1.29, 1.82) is 0 Å². The van der Waals surface area contributed by atoms with Gasteiger partial charge >= 0.3 is 6.18 Å². The Morgan fingerprint density at radius 3 is 2.67 bits per heavy atom. The molecule has 4 rings (SSSR count). The molecule has 0 spiro atoms. The average Bonchev–Trinajstić information content (AvgIpc) is 3.22. The standard InChI is InChI=1S/C15H6ClF3N4OS3/c16-7-4-2-1-3-6(7)10-8(5-9-11(24)21-14(25)26-9)23-13(20-10)27-12(22-23)15(17,18)19/h1-5H,(H,21,24,25)/b9-5-. The molecule has 0 radical (unpaired) electrons. The maximum absolute atomic E-state index is 13.0. The lowest BCUT2D eigenvalue weighted by Gasteiger charge is -2.03. The minimum atomic E-state index is -4.60. The van der Waals surface area contributed by atoms with E-state index < -0.39 is 17.1 Å². The Morgan fingerprint density at radius 1 is 1.30 bits per heavy atom. The molecule has 1 aliphatic heterocycles. The van der Waals surface area contributed by atoms with Gasteiger partial charge in [0.05, 0.1) is 15.6 Å². The van der Waals surface area contributed by atoms with Crippen molar-refractivity contribution in [1.82, 2.24) is 19.9 Å². The molecular weight excluding hydrogens is 441 g/mol. The Morgan fingerprint density at radius 2 is 2.04 bits per heavy atom. The Bertz CT molecular complexity index is 1140. The highest BCUT2D eigenvalue weighted by Gasteiger charge is 2.37. The van der Waals surface area contributed by atoms with E-state index in [1.165, 1.54) is 6.08 Å². The minimum absolute atomic E-state index is 0.0371. The van der Waals surface area contributed by atoms with E-state index in [4.69, 9.17) is 23.8 Å². The van der Waals surface area contributed by atoms with Gasteiger partial charge in [-0.25, -0.2) is 9.50 Å². The molecule has 1 amide bonds. The molecule has 3 aromatic rings. The molecule has 0 atom stereocenters. The van der Waals surface area contributed by atoms with Gasteiger partial charge < -0.3 is 5.32 Å². The van der Waals surface area contributed by atoms with Gasteiger partial charge in [-0.15, -0.1) is 5.10 Å². The second-order valence-electron chi connectivity index (χ2n) is 5.28. The van der Waals surface area contributed by atoms with Crippen LogP contribution in [0.1, 0.15) is 10.7 Å². The molecule has 12 heteroatoms. The summed E-state index contributed by atoms with van der Waals surface area (Å²) in [7, 11) is 0. The molecule has 0 aliphatic carbocycles. The van der Waals surface area contributed by atoms with Gasteiger partial charge in [-0.1, -0.05) is 65.1 Å². The normalized spacial score (nSPS) is 16.5. The van der Waals surface area contributed by atoms with Crippen LogP contribution in [0.2, 0.25) is 5.02 Å². The first kappa shape index (κ1) is 18.4. The van der Waals surface area contributed by atoms with Gasteiger partial charge in [0, 0.05) is 5.56 Å². The molecule has 0 bridgehead atoms. The van der Waals surface area contributed by atoms with Gasteiger partial charge in [0.15, 0.2) is 0 Å². The lowest BCUT2D eigenvalue weighted by Crippen LogP contribution is -2.17. The van der Waals surface area contributed by atoms with E-state index in [0.29, 0.717) is 27.6 Å². The molecule has 2 aromatic heterocycles. The molecule has 1 saturated heterocycles. The predicted molar refractivity (Wildman–Crippen MR) is 103 cm³/mol. The fraction of sp³-hybridized carbons (Fsp3) is 0.0667. The highest BCUT2D eigenvalue weighted by molar-refractivity contribution is 8.26. The summed E-state index contributed by atoms with van der Waals surface area (Å²) in [5, 5.41) is 5.43. The van der Waals surface area contributed by atoms with Crippen LogP contribution < -0.4 is 5.32 Å². The zero-order valence-electron chi connectivity index (χ0n) is 12.9. The number of rotatable bonds is 2. The smallest absolute Gasteiger partial charge is 0.307 e. The summed E-state index contributed by atoms with van der Waals surface area (Å²) >= 11 is 12.6. The number of nitrogens with one attached hydrogen (secondary N) is 1. The van der Waals surface area contributed by atoms with E-state index in [-0.39, 0.29) is 19.9 Å². The third-order valence-corrected chi connectivity index (χ3v) is 5.97. The van der Waals surface area contributed by atoms with E-state index >= 15 is 0 Å². The molecule has 5 nitrogen and oxygen atoms in total. The first-order valence-corrected chi connectivity index (χ1v) is 9.62. The first-order valence-electron chi connectivity index (χ1n) is 7.20. The van der Waals surface area contributed by atoms with E-state index in [2.05, 4.69) is 15.4 Å². The summed E-state index contributed by atoms with van der Waals surface area (Å²) in [6.45, 7) is 0. The number of carbonyl (C=O) groups is 1. The van der Waals surface area contributed by atoms with Gasteiger partial charge in [-0.3, -0.25) is 4.79 Å². The Hall–Kier alpha value is -1.95. The number of hydrogen-bond acceptors (Lipinski definition) is 6.